The van der Waals surface area contributed by atoms with Crippen molar-refractivity contribution in [1.29, 1.82) is 0 Å². The number of hydrogen-bond acceptors (Lipinski definition) is 8. The molecule has 2 aromatic heterocycles. The highest BCUT2D eigenvalue weighted by molar-refractivity contribution is 5.51. The molecule has 0 atom stereocenters. The van der Waals surface area contributed by atoms with Crippen molar-refractivity contribution in [2.24, 2.45) is 0 Å². The van der Waals surface area contributed by atoms with Gasteiger partial charge in [-0.1, -0.05) is 0 Å². The minimum atomic E-state index is 0.360. The van der Waals surface area contributed by atoms with Gasteiger partial charge in [0.1, 0.15) is 12.4 Å². The van der Waals surface area contributed by atoms with Crippen LogP contribution in [-0.4, -0.2) is 40.7 Å². The first-order valence-electron chi connectivity index (χ1n) is 5.59. The largest absolute Gasteiger partial charge is 0.474 e. The Morgan fingerprint density at radius 1 is 1.00 bits per heavy atom. The third-order valence-corrected chi connectivity index (χ3v) is 2.12. The number of nitrogens with zero attached hydrogens (tertiary/aromatic N) is 4. The summed E-state index contributed by atoms with van der Waals surface area (Å²) in [7, 11) is 1.61. The molecule has 0 aliphatic carbocycles. The van der Waals surface area contributed by atoms with Crippen molar-refractivity contribution in [2.45, 2.75) is 0 Å². The van der Waals surface area contributed by atoms with E-state index >= 15 is 0 Å². The molecule has 2 heterocycles. The minimum Gasteiger partial charge on any atom is -0.474 e. The van der Waals surface area contributed by atoms with Crippen LogP contribution in [0.4, 0.5) is 17.5 Å². The van der Waals surface area contributed by atoms with Crippen LogP contribution < -0.4 is 15.8 Å². The van der Waals surface area contributed by atoms with Crippen LogP contribution in [0.1, 0.15) is 0 Å². The number of rotatable bonds is 6. The lowest BCUT2D eigenvalue weighted by Gasteiger charge is -2.05. The lowest BCUT2D eigenvalue weighted by atomic mass is 10.4. The first-order valence-corrected chi connectivity index (χ1v) is 5.59. The molecule has 0 saturated carbocycles. The highest BCUT2D eigenvalue weighted by atomic mass is 16.5. The molecule has 2 aromatic rings. The van der Waals surface area contributed by atoms with E-state index in [1.807, 2.05) is 0 Å². The Morgan fingerprint density at radius 2 is 1.74 bits per heavy atom. The molecule has 100 valence electrons. The number of ether oxygens (including phenoxy) is 2. The molecular formula is C11H14N6O2. The van der Waals surface area contributed by atoms with E-state index in [2.05, 4.69) is 25.7 Å². The van der Waals surface area contributed by atoms with Crippen LogP contribution in [0.5, 0.6) is 5.88 Å². The van der Waals surface area contributed by atoms with Crippen molar-refractivity contribution in [3.63, 3.8) is 0 Å². The summed E-state index contributed by atoms with van der Waals surface area (Å²) >= 11 is 0. The van der Waals surface area contributed by atoms with Crippen molar-refractivity contribution >= 4 is 17.5 Å². The lowest BCUT2D eigenvalue weighted by molar-refractivity contribution is 0.143. The first-order chi connectivity index (χ1) is 9.28. The fourth-order valence-electron chi connectivity index (χ4n) is 1.23. The molecule has 0 unspecified atom stereocenters. The molecule has 0 aliphatic rings. The lowest BCUT2D eigenvalue weighted by Crippen LogP contribution is -2.06. The van der Waals surface area contributed by atoms with E-state index in [1.54, 1.807) is 31.4 Å². The monoisotopic (exact) mass is 262 g/mol. The first kappa shape index (κ1) is 13.0. The van der Waals surface area contributed by atoms with E-state index in [9.17, 15) is 0 Å². The topological polar surface area (TPSA) is 108 Å². The molecule has 0 amide bonds. The molecule has 0 radical (unpaired) electrons. The second kappa shape index (κ2) is 6.45. The predicted molar refractivity (Wildman–Crippen MR) is 69.1 cm³/mol. The van der Waals surface area contributed by atoms with Gasteiger partial charge in [0, 0.05) is 13.2 Å². The van der Waals surface area contributed by atoms with Crippen LogP contribution in [0.2, 0.25) is 0 Å². The van der Waals surface area contributed by atoms with Gasteiger partial charge in [-0.2, -0.15) is 0 Å². The zero-order valence-corrected chi connectivity index (χ0v) is 10.4. The van der Waals surface area contributed by atoms with Gasteiger partial charge in [0.25, 0.3) is 0 Å². The Balaban J connectivity index is 1.92. The minimum absolute atomic E-state index is 0.360. The molecule has 0 saturated heterocycles. The van der Waals surface area contributed by atoms with E-state index in [4.69, 9.17) is 15.2 Å². The van der Waals surface area contributed by atoms with Gasteiger partial charge in [-0.3, -0.25) is 0 Å². The van der Waals surface area contributed by atoms with Crippen molar-refractivity contribution in [3.05, 3.63) is 24.3 Å². The van der Waals surface area contributed by atoms with Gasteiger partial charge in [-0.05, 0) is 18.2 Å². The number of methoxy groups -OCH3 is 1. The smallest absolute Gasteiger partial charge is 0.233 e. The maximum Gasteiger partial charge on any atom is 0.233 e. The van der Waals surface area contributed by atoms with E-state index in [1.165, 1.54) is 0 Å². The van der Waals surface area contributed by atoms with Crippen molar-refractivity contribution < 1.29 is 9.47 Å². The van der Waals surface area contributed by atoms with Crippen molar-refractivity contribution in [2.75, 3.05) is 31.4 Å². The molecule has 2 rings (SSSR count). The van der Waals surface area contributed by atoms with E-state index in [0.717, 1.165) is 0 Å². The Labute approximate surface area is 110 Å². The molecule has 8 heteroatoms. The molecular weight excluding hydrogens is 248 g/mol. The zero-order chi connectivity index (χ0) is 13.5. The van der Waals surface area contributed by atoms with E-state index in [-0.39, 0.29) is 0 Å². The van der Waals surface area contributed by atoms with Gasteiger partial charge in [0.15, 0.2) is 11.6 Å². The summed E-state index contributed by atoms with van der Waals surface area (Å²) in [5, 5.41) is 18.4. The molecule has 0 aliphatic heterocycles. The summed E-state index contributed by atoms with van der Waals surface area (Å²) in [6.07, 6.45) is 0. The highest BCUT2D eigenvalue weighted by Gasteiger charge is 2.00. The number of hydrogen-bond donors (Lipinski definition) is 2. The third-order valence-electron chi connectivity index (χ3n) is 2.12. The molecule has 8 nitrogen and oxygen atoms in total. The van der Waals surface area contributed by atoms with Crippen LogP contribution in [-0.2, 0) is 4.74 Å². The van der Waals surface area contributed by atoms with Crippen LogP contribution >= 0.6 is 0 Å². The molecule has 0 spiro atoms. The quantitative estimate of drug-likeness (QED) is 0.729. The Bertz CT molecular complexity index is 502. The second-order valence-electron chi connectivity index (χ2n) is 3.57. The van der Waals surface area contributed by atoms with Crippen LogP contribution in [0.25, 0.3) is 0 Å². The molecule has 0 aromatic carbocycles. The summed E-state index contributed by atoms with van der Waals surface area (Å²) in [6, 6.07) is 6.78. The fourth-order valence-corrected chi connectivity index (χ4v) is 1.23. The average Bonchev–Trinajstić information content (AvgIpc) is 2.44. The average molecular weight is 262 g/mol. The fraction of sp³-hybridized carbons (Fsp3) is 0.273. The molecule has 19 heavy (non-hydrogen) atoms. The number of anilines is 3. The normalized spacial score (nSPS) is 10.2. The van der Waals surface area contributed by atoms with Gasteiger partial charge < -0.3 is 20.5 Å². The third kappa shape index (κ3) is 4.03. The Hall–Kier alpha value is -2.48. The maximum absolute atomic E-state index is 5.44. The predicted octanol–water partition coefficient (Wildman–Crippen LogP) is 0.618. The van der Waals surface area contributed by atoms with Crippen molar-refractivity contribution in [3.8, 4) is 5.88 Å². The molecule has 0 bridgehead atoms. The molecule has 3 N–H and O–H groups in total. The van der Waals surface area contributed by atoms with Gasteiger partial charge >= 0.3 is 0 Å². The zero-order valence-electron chi connectivity index (χ0n) is 10.4. The molecule has 0 fully saturated rings. The van der Waals surface area contributed by atoms with Crippen LogP contribution in [0.15, 0.2) is 24.3 Å². The highest BCUT2D eigenvalue weighted by Crippen LogP contribution is 2.13. The van der Waals surface area contributed by atoms with Gasteiger partial charge in [-0.25, -0.2) is 0 Å². The number of nitrogens with one attached hydrogen (secondary N) is 1. The van der Waals surface area contributed by atoms with Gasteiger partial charge in [-0.15, -0.1) is 20.4 Å². The van der Waals surface area contributed by atoms with Crippen molar-refractivity contribution in [1.82, 2.24) is 20.4 Å². The summed E-state index contributed by atoms with van der Waals surface area (Å²) < 4.78 is 10.2. The Kier molecular flexibility index (Phi) is 4.40. The van der Waals surface area contributed by atoms with E-state index < -0.39 is 0 Å². The van der Waals surface area contributed by atoms with Crippen LogP contribution in [0, 0.1) is 0 Å². The number of aromatic nitrogens is 4. The van der Waals surface area contributed by atoms with Gasteiger partial charge in [0.05, 0.1) is 6.61 Å². The summed E-state index contributed by atoms with van der Waals surface area (Å²) in [5.74, 6) is 1.87. The van der Waals surface area contributed by atoms with E-state index in [0.29, 0.717) is 36.5 Å². The van der Waals surface area contributed by atoms with Crippen LogP contribution in [0.3, 0.4) is 0 Å². The standard InChI is InChI=1S/C11H14N6O2/c1-18-6-7-19-11-5-4-10(16-17-11)13-9-3-2-8(12)14-15-9/h2-5H,6-7H2,1H3,(H2,12,14)(H,13,15,16). The van der Waals surface area contributed by atoms with Gasteiger partial charge in [0.2, 0.25) is 5.88 Å². The summed E-state index contributed by atoms with van der Waals surface area (Å²) in [4.78, 5) is 0. The number of nitrogen functional groups attached to an aromatic ring is 1. The SMILES string of the molecule is COCCOc1ccc(Nc2ccc(N)nn2)nn1. The second-order valence-corrected chi connectivity index (χ2v) is 3.57. The number of nitrogens with two attached hydrogens (primary N) is 1. The Morgan fingerprint density at radius 3 is 2.32 bits per heavy atom. The summed E-state index contributed by atoms with van der Waals surface area (Å²) in [6.45, 7) is 0.935. The maximum atomic E-state index is 5.44. The summed E-state index contributed by atoms with van der Waals surface area (Å²) in [5.41, 5.74) is 5.44.